The predicted molar refractivity (Wildman–Crippen MR) is 69.1 cm³/mol. The lowest BCUT2D eigenvalue weighted by Gasteiger charge is -2.23. The highest BCUT2D eigenvalue weighted by Crippen LogP contribution is 2.28. The topological polar surface area (TPSA) is 55.6 Å². The summed E-state index contributed by atoms with van der Waals surface area (Å²) in [5.41, 5.74) is 3.09. The van der Waals surface area contributed by atoms with Crippen LogP contribution in [0.4, 0.5) is 0 Å². The predicted octanol–water partition coefficient (Wildman–Crippen LogP) is 1.34. The first-order valence-corrected chi connectivity index (χ1v) is 6.34. The Morgan fingerprint density at radius 2 is 2.22 bits per heavy atom. The minimum atomic E-state index is 0.456. The number of nitrogens with zero attached hydrogens (tertiary/aromatic N) is 4. The molecule has 1 atom stereocenters. The third-order valence-corrected chi connectivity index (χ3v) is 3.47. The Bertz CT molecular complexity index is 528. The first-order valence-electron chi connectivity index (χ1n) is 6.34. The van der Waals surface area contributed by atoms with E-state index in [0.717, 1.165) is 30.2 Å². The van der Waals surface area contributed by atoms with Crippen LogP contribution in [0.5, 0.6) is 0 Å². The molecule has 5 nitrogen and oxygen atoms in total. The second kappa shape index (κ2) is 4.86. The number of nitrogens with one attached hydrogen (secondary N) is 1. The largest absolute Gasteiger partial charge is 0.332 e. The molecule has 0 spiro atoms. The molecule has 0 saturated carbocycles. The molecule has 94 valence electrons. The summed E-state index contributed by atoms with van der Waals surface area (Å²) < 4.78 is 1.99. The first kappa shape index (κ1) is 11.3. The van der Waals surface area contributed by atoms with Gasteiger partial charge >= 0.3 is 0 Å². The van der Waals surface area contributed by atoms with E-state index in [4.69, 9.17) is 0 Å². The first-order chi connectivity index (χ1) is 8.86. The monoisotopic (exact) mass is 243 g/mol. The molecule has 1 saturated heterocycles. The van der Waals surface area contributed by atoms with Crippen molar-refractivity contribution in [2.45, 2.75) is 18.8 Å². The normalized spacial score (nSPS) is 19.9. The Hall–Kier alpha value is -1.75. The molecule has 0 unspecified atom stereocenters. The van der Waals surface area contributed by atoms with Crippen LogP contribution in [0, 0.1) is 0 Å². The molecule has 18 heavy (non-hydrogen) atoms. The van der Waals surface area contributed by atoms with E-state index in [9.17, 15) is 0 Å². The molecular weight excluding hydrogens is 226 g/mol. The zero-order chi connectivity index (χ0) is 12.4. The van der Waals surface area contributed by atoms with E-state index in [0.29, 0.717) is 5.92 Å². The lowest BCUT2D eigenvalue weighted by Crippen LogP contribution is -2.29. The molecule has 0 aliphatic carbocycles. The minimum absolute atomic E-state index is 0.456. The van der Waals surface area contributed by atoms with Crippen LogP contribution in [0.3, 0.4) is 0 Å². The van der Waals surface area contributed by atoms with Gasteiger partial charge in [0.25, 0.3) is 0 Å². The van der Waals surface area contributed by atoms with E-state index in [1.165, 1.54) is 12.8 Å². The Kier molecular flexibility index (Phi) is 3.06. The summed E-state index contributed by atoms with van der Waals surface area (Å²) in [5.74, 6) is 0.456. The van der Waals surface area contributed by atoms with E-state index in [-0.39, 0.29) is 0 Å². The van der Waals surface area contributed by atoms with Crippen LogP contribution in [-0.2, 0) is 7.05 Å². The smallest absolute Gasteiger partial charge is 0.110 e. The van der Waals surface area contributed by atoms with Gasteiger partial charge in [-0.25, -0.2) is 4.98 Å². The van der Waals surface area contributed by atoms with Gasteiger partial charge in [-0.15, -0.1) is 0 Å². The highest BCUT2D eigenvalue weighted by molar-refractivity contribution is 5.57. The maximum atomic E-state index is 4.56. The van der Waals surface area contributed by atoms with Crippen molar-refractivity contribution in [1.82, 2.24) is 24.8 Å². The van der Waals surface area contributed by atoms with Crippen LogP contribution in [0.15, 0.2) is 24.9 Å². The van der Waals surface area contributed by atoms with Gasteiger partial charge in [-0.1, -0.05) is 0 Å². The second-order valence-electron chi connectivity index (χ2n) is 4.72. The third kappa shape index (κ3) is 2.01. The van der Waals surface area contributed by atoms with Crippen molar-refractivity contribution in [3.63, 3.8) is 0 Å². The maximum absolute atomic E-state index is 4.56. The van der Waals surface area contributed by atoms with Gasteiger partial charge in [-0.2, -0.15) is 0 Å². The van der Waals surface area contributed by atoms with Gasteiger partial charge in [-0.05, 0) is 19.4 Å². The zero-order valence-electron chi connectivity index (χ0n) is 10.5. The van der Waals surface area contributed by atoms with Gasteiger partial charge in [0.05, 0.1) is 23.9 Å². The summed E-state index contributed by atoms with van der Waals surface area (Å²) in [6.07, 6.45) is 9.56. The molecule has 1 fully saturated rings. The van der Waals surface area contributed by atoms with Crippen LogP contribution >= 0.6 is 0 Å². The quantitative estimate of drug-likeness (QED) is 0.865. The van der Waals surface area contributed by atoms with Gasteiger partial charge in [0, 0.05) is 31.9 Å². The van der Waals surface area contributed by atoms with E-state index < -0.39 is 0 Å². The van der Waals surface area contributed by atoms with Crippen LogP contribution < -0.4 is 5.32 Å². The Labute approximate surface area is 106 Å². The molecule has 0 bridgehead atoms. The molecule has 1 aliphatic rings. The Balaban J connectivity index is 2.02. The van der Waals surface area contributed by atoms with Crippen LogP contribution in [0.2, 0.25) is 0 Å². The van der Waals surface area contributed by atoms with E-state index in [1.807, 2.05) is 17.8 Å². The summed E-state index contributed by atoms with van der Waals surface area (Å²) in [4.78, 5) is 13.2. The molecule has 1 N–H and O–H groups in total. The van der Waals surface area contributed by atoms with Crippen molar-refractivity contribution in [3.05, 3.63) is 30.6 Å². The zero-order valence-corrected chi connectivity index (χ0v) is 10.5. The van der Waals surface area contributed by atoms with Crippen molar-refractivity contribution >= 4 is 0 Å². The fourth-order valence-corrected chi connectivity index (χ4v) is 2.52. The van der Waals surface area contributed by atoms with Gasteiger partial charge in [0.15, 0.2) is 0 Å². The number of hydrogen-bond acceptors (Lipinski definition) is 4. The van der Waals surface area contributed by atoms with Crippen LogP contribution in [0.25, 0.3) is 11.4 Å². The molecule has 0 aromatic carbocycles. The summed E-state index contributed by atoms with van der Waals surface area (Å²) in [7, 11) is 1.99. The van der Waals surface area contributed by atoms with E-state index in [2.05, 4.69) is 20.3 Å². The number of piperidine rings is 1. The number of imidazole rings is 1. The highest BCUT2D eigenvalue weighted by atomic mass is 15.0. The van der Waals surface area contributed by atoms with Crippen molar-refractivity contribution in [2.24, 2.45) is 7.05 Å². The number of aromatic nitrogens is 4. The Morgan fingerprint density at radius 3 is 2.94 bits per heavy atom. The summed E-state index contributed by atoms with van der Waals surface area (Å²) in [5, 5.41) is 3.43. The molecule has 5 heteroatoms. The van der Waals surface area contributed by atoms with Gasteiger partial charge in [-0.3, -0.25) is 9.97 Å². The molecule has 3 heterocycles. The number of rotatable bonds is 2. The SMILES string of the molecule is Cn1cncc1-c1nccnc1[C@@H]1CCCNC1. The van der Waals surface area contributed by atoms with Crippen molar-refractivity contribution in [3.8, 4) is 11.4 Å². The van der Waals surface area contributed by atoms with E-state index >= 15 is 0 Å². The fourth-order valence-electron chi connectivity index (χ4n) is 2.52. The lowest BCUT2D eigenvalue weighted by molar-refractivity contribution is 0.454. The van der Waals surface area contributed by atoms with Crippen molar-refractivity contribution in [2.75, 3.05) is 13.1 Å². The van der Waals surface area contributed by atoms with Crippen molar-refractivity contribution in [1.29, 1.82) is 0 Å². The molecule has 3 rings (SSSR count). The average molecular weight is 243 g/mol. The molecule has 2 aromatic rings. The van der Waals surface area contributed by atoms with E-state index in [1.54, 1.807) is 18.7 Å². The third-order valence-electron chi connectivity index (χ3n) is 3.47. The number of hydrogen-bond donors (Lipinski definition) is 1. The van der Waals surface area contributed by atoms with Crippen LogP contribution in [0.1, 0.15) is 24.5 Å². The summed E-state index contributed by atoms with van der Waals surface area (Å²) in [6, 6.07) is 0. The minimum Gasteiger partial charge on any atom is -0.332 e. The molecule has 2 aromatic heterocycles. The summed E-state index contributed by atoms with van der Waals surface area (Å²) in [6.45, 7) is 2.10. The molecule has 0 amide bonds. The molecule has 0 radical (unpaired) electrons. The maximum Gasteiger partial charge on any atom is 0.110 e. The average Bonchev–Trinajstić information content (AvgIpc) is 2.86. The van der Waals surface area contributed by atoms with Crippen LogP contribution in [-0.4, -0.2) is 32.6 Å². The standard InChI is InChI=1S/C13H17N5/c1-18-9-15-8-11(18)13-12(16-5-6-17-13)10-3-2-4-14-7-10/h5-6,8-10,14H,2-4,7H2,1H3/t10-/m1/s1. The van der Waals surface area contributed by atoms with Gasteiger partial charge < -0.3 is 9.88 Å². The molecular formula is C13H17N5. The number of aryl methyl sites for hydroxylation is 1. The van der Waals surface area contributed by atoms with Gasteiger partial charge in [0.2, 0.25) is 0 Å². The Morgan fingerprint density at radius 1 is 1.33 bits per heavy atom. The van der Waals surface area contributed by atoms with Gasteiger partial charge in [0.1, 0.15) is 5.69 Å². The second-order valence-corrected chi connectivity index (χ2v) is 4.72. The fraction of sp³-hybridized carbons (Fsp3) is 0.462. The lowest BCUT2D eigenvalue weighted by atomic mass is 9.94. The molecule has 1 aliphatic heterocycles. The summed E-state index contributed by atoms with van der Waals surface area (Å²) >= 11 is 0. The highest BCUT2D eigenvalue weighted by Gasteiger charge is 2.21. The van der Waals surface area contributed by atoms with Crippen molar-refractivity contribution < 1.29 is 0 Å².